The van der Waals surface area contributed by atoms with E-state index in [-0.39, 0.29) is 11.9 Å². The quantitative estimate of drug-likeness (QED) is 0.384. The van der Waals surface area contributed by atoms with Crippen molar-refractivity contribution < 1.29 is 14.3 Å². The number of rotatable bonds is 5. The highest BCUT2D eigenvalue weighted by molar-refractivity contribution is 6.05. The summed E-state index contributed by atoms with van der Waals surface area (Å²) in [5.41, 5.74) is 10.1. The highest BCUT2D eigenvalue weighted by Gasteiger charge is 2.17. The third-order valence-corrected chi connectivity index (χ3v) is 5.87. The second-order valence-corrected chi connectivity index (χ2v) is 8.37. The van der Waals surface area contributed by atoms with Gasteiger partial charge in [-0.1, -0.05) is 24.3 Å². The van der Waals surface area contributed by atoms with E-state index in [4.69, 9.17) is 10.5 Å². The van der Waals surface area contributed by atoms with E-state index in [2.05, 4.69) is 15.7 Å². The first-order chi connectivity index (χ1) is 17.0. The summed E-state index contributed by atoms with van der Waals surface area (Å²) in [7, 11) is 0. The summed E-state index contributed by atoms with van der Waals surface area (Å²) in [6, 6.07) is 20.1. The van der Waals surface area contributed by atoms with Crippen molar-refractivity contribution in [1.29, 1.82) is 0 Å². The maximum atomic E-state index is 12.5. The Hall–Kier alpha value is -4.37. The van der Waals surface area contributed by atoms with Gasteiger partial charge in [-0.05, 0) is 48.0 Å². The molecule has 5 rings (SSSR count). The zero-order chi connectivity index (χ0) is 24.2. The van der Waals surface area contributed by atoms with Crippen LogP contribution >= 0.6 is 0 Å². The fourth-order valence-corrected chi connectivity index (χ4v) is 3.96. The van der Waals surface area contributed by atoms with Gasteiger partial charge in [0.1, 0.15) is 0 Å². The zero-order valence-electron chi connectivity index (χ0n) is 19.1. The van der Waals surface area contributed by atoms with Gasteiger partial charge in [0.25, 0.3) is 5.91 Å². The molecule has 3 aromatic carbocycles. The average molecular weight is 471 g/mol. The predicted octanol–water partition coefficient (Wildman–Crippen LogP) is 3.78. The van der Waals surface area contributed by atoms with Gasteiger partial charge in [-0.3, -0.25) is 9.48 Å². The maximum Gasteiger partial charge on any atom is 0.321 e. The standard InChI is InChI=1S/C26H26N6O3/c27-22-3-1-2-4-24(22)29-25(33)19-7-5-18(6-8-19)16-32-17-20-15-21(9-10-23(20)30-32)28-26(34)31-11-13-35-14-12-31/h1-10,15,17H,11-14,16,27H2,(H,28,34)(H,29,33). The molecule has 1 saturated heterocycles. The number of aromatic nitrogens is 2. The Morgan fingerprint density at radius 3 is 2.51 bits per heavy atom. The minimum absolute atomic E-state index is 0.126. The lowest BCUT2D eigenvalue weighted by atomic mass is 10.1. The number of urea groups is 1. The largest absolute Gasteiger partial charge is 0.397 e. The number of benzene rings is 3. The SMILES string of the molecule is Nc1ccccc1NC(=O)c1ccc(Cn2cc3cc(NC(=O)N4CCOCC4)ccc3n2)cc1. The molecule has 9 heteroatoms. The Bertz CT molecular complexity index is 1360. The number of amides is 3. The molecule has 4 N–H and O–H groups in total. The van der Waals surface area contributed by atoms with Crippen LogP contribution in [0.25, 0.3) is 10.9 Å². The predicted molar refractivity (Wildman–Crippen MR) is 135 cm³/mol. The summed E-state index contributed by atoms with van der Waals surface area (Å²) in [6.07, 6.45) is 1.94. The molecule has 0 radical (unpaired) electrons. The van der Waals surface area contributed by atoms with Crippen LogP contribution in [0, 0.1) is 0 Å². The van der Waals surface area contributed by atoms with Crippen molar-refractivity contribution in [2.24, 2.45) is 0 Å². The van der Waals surface area contributed by atoms with Crippen LogP contribution in [0.3, 0.4) is 0 Å². The number of ether oxygens (including phenoxy) is 1. The third kappa shape index (κ3) is 5.25. The average Bonchev–Trinajstić information content (AvgIpc) is 3.28. The highest BCUT2D eigenvalue weighted by Crippen LogP contribution is 2.20. The van der Waals surface area contributed by atoms with Gasteiger partial charge in [0, 0.05) is 35.9 Å². The number of para-hydroxylation sites is 2. The highest BCUT2D eigenvalue weighted by atomic mass is 16.5. The third-order valence-electron chi connectivity index (χ3n) is 5.87. The summed E-state index contributed by atoms with van der Waals surface area (Å²) in [6.45, 7) is 2.86. The molecule has 35 heavy (non-hydrogen) atoms. The first-order valence-electron chi connectivity index (χ1n) is 11.4. The Balaban J connectivity index is 1.23. The molecule has 0 aliphatic carbocycles. The summed E-state index contributed by atoms with van der Waals surface area (Å²) in [5, 5.41) is 11.3. The first-order valence-corrected chi connectivity index (χ1v) is 11.4. The number of hydrogen-bond acceptors (Lipinski definition) is 5. The molecule has 3 amide bonds. The van der Waals surface area contributed by atoms with Crippen molar-refractivity contribution >= 4 is 39.9 Å². The molecule has 1 fully saturated rings. The van der Waals surface area contributed by atoms with Gasteiger partial charge in [-0.15, -0.1) is 0 Å². The molecule has 0 bridgehead atoms. The Labute approximate surface area is 202 Å². The smallest absolute Gasteiger partial charge is 0.321 e. The van der Waals surface area contributed by atoms with Crippen LogP contribution in [-0.2, 0) is 11.3 Å². The van der Waals surface area contributed by atoms with Crippen LogP contribution in [0.4, 0.5) is 21.9 Å². The molecular weight excluding hydrogens is 444 g/mol. The van der Waals surface area contributed by atoms with Crippen molar-refractivity contribution in [2.75, 3.05) is 42.7 Å². The lowest BCUT2D eigenvalue weighted by Gasteiger charge is -2.26. The minimum atomic E-state index is -0.217. The Morgan fingerprint density at radius 1 is 0.971 bits per heavy atom. The first kappa shape index (κ1) is 22.4. The molecule has 2 heterocycles. The van der Waals surface area contributed by atoms with Crippen molar-refractivity contribution in [3.63, 3.8) is 0 Å². The molecular formula is C26H26N6O3. The normalized spacial score (nSPS) is 13.5. The van der Waals surface area contributed by atoms with Gasteiger partial charge in [-0.25, -0.2) is 4.79 Å². The maximum absolute atomic E-state index is 12.5. The Morgan fingerprint density at radius 2 is 1.74 bits per heavy atom. The topological polar surface area (TPSA) is 115 Å². The number of hydrogen-bond donors (Lipinski definition) is 3. The van der Waals surface area contributed by atoms with Crippen LogP contribution in [-0.4, -0.2) is 52.9 Å². The van der Waals surface area contributed by atoms with Crippen LogP contribution in [0.5, 0.6) is 0 Å². The molecule has 0 unspecified atom stereocenters. The molecule has 9 nitrogen and oxygen atoms in total. The summed E-state index contributed by atoms with van der Waals surface area (Å²) in [4.78, 5) is 26.7. The van der Waals surface area contributed by atoms with E-state index in [1.165, 1.54) is 0 Å². The van der Waals surface area contributed by atoms with Gasteiger partial charge in [-0.2, -0.15) is 5.10 Å². The lowest BCUT2D eigenvalue weighted by Crippen LogP contribution is -2.43. The molecule has 1 aliphatic heterocycles. The number of carbonyl (C=O) groups is 2. The number of nitrogens with one attached hydrogen (secondary N) is 2. The van der Waals surface area contributed by atoms with Crippen molar-refractivity contribution in [3.8, 4) is 0 Å². The number of nitrogen functional groups attached to an aromatic ring is 1. The molecule has 1 aromatic heterocycles. The molecule has 178 valence electrons. The van der Waals surface area contributed by atoms with E-state index >= 15 is 0 Å². The van der Waals surface area contributed by atoms with E-state index in [1.807, 2.05) is 53.3 Å². The summed E-state index contributed by atoms with van der Waals surface area (Å²) < 4.78 is 7.14. The summed E-state index contributed by atoms with van der Waals surface area (Å²) >= 11 is 0. The fraction of sp³-hybridized carbons (Fsp3) is 0.192. The molecule has 4 aromatic rings. The second-order valence-electron chi connectivity index (χ2n) is 8.37. The number of carbonyl (C=O) groups excluding carboxylic acids is 2. The van der Waals surface area contributed by atoms with Gasteiger partial charge in [0.15, 0.2) is 0 Å². The van der Waals surface area contributed by atoms with E-state index in [0.717, 1.165) is 22.2 Å². The lowest BCUT2D eigenvalue weighted by molar-refractivity contribution is 0.0564. The van der Waals surface area contributed by atoms with E-state index in [0.29, 0.717) is 49.8 Å². The van der Waals surface area contributed by atoms with E-state index in [1.54, 1.807) is 29.2 Å². The van der Waals surface area contributed by atoms with Crippen molar-refractivity contribution in [1.82, 2.24) is 14.7 Å². The number of morpholine rings is 1. The van der Waals surface area contributed by atoms with Gasteiger partial charge < -0.3 is 26.0 Å². The van der Waals surface area contributed by atoms with E-state index in [9.17, 15) is 9.59 Å². The molecule has 0 atom stereocenters. The summed E-state index contributed by atoms with van der Waals surface area (Å²) in [5.74, 6) is -0.217. The van der Waals surface area contributed by atoms with Crippen LogP contribution in [0.15, 0.2) is 72.9 Å². The minimum Gasteiger partial charge on any atom is -0.397 e. The van der Waals surface area contributed by atoms with Crippen LogP contribution < -0.4 is 16.4 Å². The van der Waals surface area contributed by atoms with Crippen LogP contribution in [0.1, 0.15) is 15.9 Å². The zero-order valence-corrected chi connectivity index (χ0v) is 19.1. The fourth-order valence-electron chi connectivity index (χ4n) is 3.96. The van der Waals surface area contributed by atoms with Crippen molar-refractivity contribution in [3.05, 3.63) is 84.1 Å². The second kappa shape index (κ2) is 9.86. The number of nitrogens with zero attached hydrogens (tertiary/aromatic N) is 3. The Kier molecular flexibility index (Phi) is 6.32. The molecule has 0 spiro atoms. The van der Waals surface area contributed by atoms with Crippen molar-refractivity contribution in [2.45, 2.75) is 6.54 Å². The van der Waals surface area contributed by atoms with Gasteiger partial charge >= 0.3 is 6.03 Å². The number of anilines is 3. The van der Waals surface area contributed by atoms with Gasteiger partial charge in [0.05, 0.1) is 36.6 Å². The van der Waals surface area contributed by atoms with E-state index < -0.39 is 0 Å². The van der Waals surface area contributed by atoms with Crippen LogP contribution in [0.2, 0.25) is 0 Å². The van der Waals surface area contributed by atoms with Gasteiger partial charge in [0.2, 0.25) is 0 Å². The monoisotopic (exact) mass is 470 g/mol. The number of fused-ring (bicyclic) bond motifs is 1. The number of nitrogens with two attached hydrogens (primary N) is 1. The molecule has 0 saturated carbocycles. The molecule has 1 aliphatic rings.